The standard InChI is InChI=1S/C27H18N4O3/c1-17(32)30-16-19(20-9-4-6-12-23(20)30)15-28-31-26(25-14-18-8-2-7-13-24(18)34-25)29-22-11-5-3-10-21(22)27(31)33/h2-16H,1H3. The van der Waals surface area contributed by atoms with Gasteiger partial charge in [-0.05, 0) is 30.3 Å². The summed E-state index contributed by atoms with van der Waals surface area (Å²) in [6, 6.07) is 24.2. The Labute approximate surface area is 193 Å². The van der Waals surface area contributed by atoms with E-state index in [2.05, 4.69) is 5.10 Å². The first-order valence-corrected chi connectivity index (χ1v) is 10.8. The first-order chi connectivity index (χ1) is 16.6. The maximum Gasteiger partial charge on any atom is 0.282 e. The molecule has 3 aromatic carbocycles. The molecule has 0 unspecified atom stereocenters. The number of para-hydroxylation sites is 3. The van der Waals surface area contributed by atoms with E-state index in [9.17, 15) is 9.59 Å². The summed E-state index contributed by atoms with van der Waals surface area (Å²) in [4.78, 5) is 30.3. The van der Waals surface area contributed by atoms with Gasteiger partial charge in [-0.3, -0.25) is 14.2 Å². The van der Waals surface area contributed by atoms with E-state index in [-0.39, 0.29) is 11.5 Å². The molecular formula is C27H18N4O3. The first kappa shape index (κ1) is 19.9. The lowest BCUT2D eigenvalue weighted by atomic mass is 10.2. The van der Waals surface area contributed by atoms with Crippen LogP contribution in [0.15, 0.2) is 99.4 Å². The van der Waals surface area contributed by atoms with Gasteiger partial charge in [0.1, 0.15) is 5.58 Å². The van der Waals surface area contributed by atoms with Crippen molar-refractivity contribution in [1.82, 2.24) is 14.2 Å². The summed E-state index contributed by atoms with van der Waals surface area (Å²) < 4.78 is 8.83. The van der Waals surface area contributed by atoms with Gasteiger partial charge in [0.05, 0.1) is 22.6 Å². The SMILES string of the molecule is CC(=O)n1cc(C=Nn2c(-c3cc4ccccc4o3)nc3ccccc3c2=O)c2ccccc21. The molecule has 0 aliphatic rings. The van der Waals surface area contributed by atoms with E-state index in [1.165, 1.54) is 11.6 Å². The highest BCUT2D eigenvalue weighted by molar-refractivity contribution is 6.03. The van der Waals surface area contributed by atoms with Crippen LogP contribution in [0.4, 0.5) is 0 Å². The van der Waals surface area contributed by atoms with Gasteiger partial charge in [0.15, 0.2) is 5.76 Å². The van der Waals surface area contributed by atoms with Gasteiger partial charge in [0.2, 0.25) is 11.7 Å². The van der Waals surface area contributed by atoms with E-state index in [4.69, 9.17) is 9.40 Å². The van der Waals surface area contributed by atoms with Gasteiger partial charge in [0.25, 0.3) is 5.56 Å². The number of hydrogen-bond acceptors (Lipinski definition) is 5. The predicted molar refractivity (Wildman–Crippen MR) is 132 cm³/mol. The molecule has 164 valence electrons. The largest absolute Gasteiger partial charge is 0.453 e. The molecule has 0 saturated heterocycles. The third-order valence-corrected chi connectivity index (χ3v) is 5.79. The zero-order valence-corrected chi connectivity index (χ0v) is 18.2. The molecule has 6 rings (SSSR count). The fraction of sp³-hybridized carbons (Fsp3) is 0.0370. The van der Waals surface area contributed by atoms with Crippen molar-refractivity contribution in [2.45, 2.75) is 6.92 Å². The van der Waals surface area contributed by atoms with Crippen molar-refractivity contribution in [1.29, 1.82) is 0 Å². The van der Waals surface area contributed by atoms with E-state index < -0.39 is 0 Å². The number of benzene rings is 3. The third kappa shape index (κ3) is 3.14. The molecule has 0 radical (unpaired) electrons. The van der Waals surface area contributed by atoms with Crippen LogP contribution in [0.2, 0.25) is 0 Å². The van der Waals surface area contributed by atoms with Crippen molar-refractivity contribution < 1.29 is 9.21 Å². The fourth-order valence-corrected chi connectivity index (χ4v) is 4.17. The van der Waals surface area contributed by atoms with E-state index in [0.29, 0.717) is 33.6 Å². The lowest BCUT2D eigenvalue weighted by molar-refractivity contribution is 0.0941. The number of carbonyl (C=O) groups excluding carboxylic acids is 1. The summed E-state index contributed by atoms with van der Waals surface area (Å²) in [5.41, 5.74) is 2.43. The van der Waals surface area contributed by atoms with Gasteiger partial charge in [-0.25, -0.2) is 4.98 Å². The summed E-state index contributed by atoms with van der Waals surface area (Å²) in [6.07, 6.45) is 3.29. The van der Waals surface area contributed by atoms with Crippen molar-refractivity contribution in [3.8, 4) is 11.6 Å². The van der Waals surface area contributed by atoms with Crippen molar-refractivity contribution >= 4 is 44.9 Å². The molecule has 0 spiro atoms. The van der Waals surface area contributed by atoms with Crippen LogP contribution in [-0.4, -0.2) is 26.3 Å². The van der Waals surface area contributed by atoms with Gasteiger partial charge in [-0.15, -0.1) is 0 Å². The third-order valence-electron chi connectivity index (χ3n) is 5.79. The number of nitrogens with zero attached hydrogens (tertiary/aromatic N) is 4. The summed E-state index contributed by atoms with van der Waals surface area (Å²) in [6.45, 7) is 1.50. The summed E-state index contributed by atoms with van der Waals surface area (Å²) in [5, 5.41) is 6.74. The Hall–Kier alpha value is -4.78. The van der Waals surface area contributed by atoms with Gasteiger partial charge < -0.3 is 4.42 Å². The molecule has 0 amide bonds. The van der Waals surface area contributed by atoms with E-state index in [0.717, 1.165) is 16.3 Å². The van der Waals surface area contributed by atoms with Crippen LogP contribution in [0.3, 0.4) is 0 Å². The molecule has 0 atom stereocenters. The number of carbonyl (C=O) groups is 1. The zero-order valence-electron chi connectivity index (χ0n) is 18.2. The Balaban J connectivity index is 1.58. The van der Waals surface area contributed by atoms with Gasteiger partial charge in [-0.1, -0.05) is 48.5 Å². The number of aromatic nitrogens is 3. The molecule has 0 aliphatic carbocycles. The molecule has 3 aromatic heterocycles. The van der Waals surface area contributed by atoms with Gasteiger partial charge in [-0.2, -0.15) is 9.78 Å². The highest BCUT2D eigenvalue weighted by atomic mass is 16.3. The monoisotopic (exact) mass is 446 g/mol. The Morgan fingerprint density at radius 2 is 1.71 bits per heavy atom. The topological polar surface area (TPSA) is 82.4 Å². The summed E-state index contributed by atoms with van der Waals surface area (Å²) >= 11 is 0. The predicted octanol–water partition coefficient (Wildman–Crippen LogP) is 5.31. The van der Waals surface area contributed by atoms with Crippen LogP contribution in [0.5, 0.6) is 0 Å². The highest BCUT2D eigenvalue weighted by Gasteiger charge is 2.17. The second-order valence-electron chi connectivity index (χ2n) is 7.95. The van der Waals surface area contributed by atoms with Crippen LogP contribution in [0.25, 0.3) is 44.4 Å². The minimum atomic E-state index is -0.312. The molecular weight excluding hydrogens is 428 g/mol. The molecule has 3 heterocycles. The minimum Gasteiger partial charge on any atom is -0.453 e. The lowest BCUT2D eigenvalue weighted by Gasteiger charge is -2.07. The normalized spacial score (nSPS) is 11.8. The molecule has 7 nitrogen and oxygen atoms in total. The summed E-state index contributed by atoms with van der Waals surface area (Å²) in [7, 11) is 0. The molecule has 0 saturated carbocycles. The van der Waals surface area contributed by atoms with E-state index >= 15 is 0 Å². The summed E-state index contributed by atoms with van der Waals surface area (Å²) in [5.74, 6) is 0.627. The van der Waals surface area contributed by atoms with E-state index in [1.807, 2.05) is 60.7 Å². The Kier molecular flexibility index (Phi) is 4.48. The van der Waals surface area contributed by atoms with Gasteiger partial charge in [0, 0.05) is 29.5 Å². The highest BCUT2D eigenvalue weighted by Crippen LogP contribution is 2.27. The number of rotatable bonds is 3. The number of fused-ring (bicyclic) bond motifs is 3. The fourth-order valence-electron chi connectivity index (χ4n) is 4.17. The zero-order chi connectivity index (χ0) is 23.2. The molecule has 0 fully saturated rings. The van der Waals surface area contributed by atoms with Crippen molar-refractivity contribution in [3.05, 3.63) is 101 Å². The van der Waals surface area contributed by atoms with Crippen LogP contribution in [-0.2, 0) is 0 Å². The Morgan fingerprint density at radius 1 is 0.971 bits per heavy atom. The second kappa shape index (κ2) is 7.67. The molecule has 0 N–H and O–H groups in total. The van der Waals surface area contributed by atoms with Crippen molar-refractivity contribution in [3.63, 3.8) is 0 Å². The maximum absolute atomic E-state index is 13.4. The average Bonchev–Trinajstić information content (AvgIpc) is 3.45. The average molecular weight is 446 g/mol. The molecule has 34 heavy (non-hydrogen) atoms. The van der Waals surface area contributed by atoms with Crippen LogP contribution >= 0.6 is 0 Å². The second-order valence-corrected chi connectivity index (χ2v) is 7.95. The van der Waals surface area contributed by atoms with E-state index in [1.54, 1.807) is 35.2 Å². The minimum absolute atomic E-state index is 0.108. The maximum atomic E-state index is 13.4. The molecule has 6 aromatic rings. The van der Waals surface area contributed by atoms with Crippen LogP contribution < -0.4 is 5.56 Å². The smallest absolute Gasteiger partial charge is 0.282 e. The Bertz CT molecular complexity index is 1790. The van der Waals surface area contributed by atoms with Gasteiger partial charge >= 0.3 is 0 Å². The first-order valence-electron chi connectivity index (χ1n) is 10.8. The number of furan rings is 1. The van der Waals surface area contributed by atoms with Crippen molar-refractivity contribution in [2.75, 3.05) is 0 Å². The number of hydrogen-bond donors (Lipinski definition) is 0. The molecule has 0 aliphatic heterocycles. The van der Waals surface area contributed by atoms with Crippen molar-refractivity contribution in [2.24, 2.45) is 5.10 Å². The van der Waals surface area contributed by atoms with Crippen LogP contribution in [0.1, 0.15) is 17.3 Å². The quantitative estimate of drug-likeness (QED) is 0.345. The van der Waals surface area contributed by atoms with Crippen LogP contribution in [0, 0.1) is 0 Å². The Morgan fingerprint density at radius 3 is 2.53 bits per heavy atom. The lowest BCUT2D eigenvalue weighted by Crippen LogP contribution is -2.20. The molecule has 7 heteroatoms. The molecule has 0 bridgehead atoms.